The van der Waals surface area contributed by atoms with Gasteiger partial charge in [0.05, 0.1) is 16.3 Å². The molecule has 3 aromatic rings. The Morgan fingerprint density at radius 1 is 1.23 bits per heavy atom. The smallest absolute Gasteiger partial charge is 0.270 e. The molecule has 6 heteroatoms. The van der Waals surface area contributed by atoms with Crippen LogP contribution in [0.2, 0.25) is 0 Å². The van der Waals surface area contributed by atoms with Crippen molar-refractivity contribution in [3.63, 3.8) is 0 Å². The second-order valence-electron chi connectivity index (χ2n) is 5.38. The fraction of sp³-hybridized carbons (Fsp3) is 0.188. The highest BCUT2D eigenvalue weighted by atomic mass is 16.6. The maximum absolute atomic E-state index is 11.0. The van der Waals surface area contributed by atoms with E-state index in [9.17, 15) is 10.1 Å². The fourth-order valence-corrected chi connectivity index (χ4v) is 2.50. The predicted octanol–water partition coefficient (Wildman–Crippen LogP) is 2.97. The molecule has 0 aliphatic heterocycles. The molecule has 3 rings (SSSR count). The van der Waals surface area contributed by atoms with E-state index in [2.05, 4.69) is 9.88 Å². The number of pyridine rings is 1. The number of hydrogen-bond acceptors (Lipinski definition) is 4. The molecule has 0 atom stereocenters. The summed E-state index contributed by atoms with van der Waals surface area (Å²) in [7, 11) is 3.97. The highest BCUT2D eigenvalue weighted by Crippen LogP contribution is 2.28. The Hall–Kier alpha value is -2.73. The molecular weight excluding hydrogens is 280 g/mol. The highest BCUT2D eigenvalue weighted by Gasteiger charge is 2.16. The van der Waals surface area contributed by atoms with Crippen LogP contribution in [0, 0.1) is 10.1 Å². The Bertz CT molecular complexity index is 839. The molecule has 0 fully saturated rings. The summed E-state index contributed by atoms with van der Waals surface area (Å²) >= 11 is 0. The quantitative estimate of drug-likeness (QED) is 0.548. The number of imidazole rings is 1. The molecule has 0 unspecified atom stereocenters. The largest absolute Gasteiger partial charge is 0.304 e. The van der Waals surface area contributed by atoms with E-state index in [1.54, 1.807) is 12.1 Å². The minimum absolute atomic E-state index is 0.0744. The average Bonchev–Trinajstić information content (AvgIpc) is 2.86. The SMILES string of the molecule is CN(C)Cc1c(-c2cccc([N+](=O)[O-])c2)nc2ccccn12. The van der Waals surface area contributed by atoms with Crippen LogP contribution in [0.5, 0.6) is 0 Å². The topological polar surface area (TPSA) is 63.7 Å². The fourth-order valence-electron chi connectivity index (χ4n) is 2.50. The van der Waals surface area contributed by atoms with E-state index >= 15 is 0 Å². The number of benzene rings is 1. The van der Waals surface area contributed by atoms with E-state index in [0.717, 1.165) is 22.6 Å². The van der Waals surface area contributed by atoms with Crippen LogP contribution in [-0.4, -0.2) is 33.3 Å². The lowest BCUT2D eigenvalue weighted by atomic mass is 10.1. The first-order valence-corrected chi connectivity index (χ1v) is 6.92. The summed E-state index contributed by atoms with van der Waals surface area (Å²) in [6.45, 7) is 0.698. The Morgan fingerprint density at radius 2 is 2.05 bits per heavy atom. The third-order valence-electron chi connectivity index (χ3n) is 3.43. The number of nitro benzene ring substituents is 1. The summed E-state index contributed by atoms with van der Waals surface area (Å²) < 4.78 is 2.02. The van der Waals surface area contributed by atoms with Crippen molar-refractivity contribution in [3.8, 4) is 11.3 Å². The van der Waals surface area contributed by atoms with Gasteiger partial charge in [0, 0.05) is 30.4 Å². The van der Waals surface area contributed by atoms with Gasteiger partial charge in [0.25, 0.3) is 5.69 Å². The molecule has 0 aliphatic rings. The van der Waals surface area contributed by atoms with Crippen LogP contribution in [0.15, 0.2) is 48.7 Å². The minimum Gasteiger partial charge on any atom is -0.304 e. The molecule has 0 amide bonds. The first-order valence-electron chi connectivity index (χ1n) is 6.92. The van der Waals surface area contributed by atoms with Gasteiger partial charge in [-0.15, -0.1) is 0 Å². The van der Waals surface area contributed by atoms with E-state index in [-0.39, 0.29) is 10.6 Å². The summed E-state index contributed by atoms with van der Waals surface area (Å²) in [6, 6.07) is 12.4. The highest BCUT2D eigenvalue weighted by molar-refractivity contribution is 5.68. The zero-order valence-corrected chi connectivity index (χ0v) is 12.4. The van der Waals surface area contributed by atoms with Crippen LogP contribution >= 0.6 is 0 Å². The maximum atomic E-state index is 11.0. The minimum atomic E-state index is -0.384. The molecule has 0 radical (unpaired) electrons. The van der Waals surface area contributed by atoms with Gasteiger partial charge in [-0.25, -0.2) is 4.98 Å². The lowest BCUT2D eigenvalue weighted by Crippen LogP contribution is -2.13. The van der Waals surface area contributed by atoms with Crippen LogP contribution in [0.3, 0.4) is 0 Å². The Kier molecular flexibility index (Phi) is 3.60. The molecule has 22 heavy (non-hydrogen) atoms. The first kappa shape index (κ1) is 14.2. The maximum Gasteiger partial charge on any atom is 0.270 e. The first-order chi connectivity index (χ1) is 10.6. The van der Waals surface area contributed by atoms with E-state index in [1.165, 1.54) is 6.07 Å². The summed E-state index contributed by atoms with van der Waals surface area (Å²) in [6.07, 6.45) is 1.96. The van der Waals surface area contributed by atoms with E-state index in [4.69, 9.17) is 0 Å². The zero-order chi connectivity index (χ0) is 15.7. The Labute approximate surface area is 127 Å². The molecule has 0 bridgehead atoms. The van der Waals surface area contributed by atoms with Crippen molar-refractivity contribution in [3.05, 3.63) is 64.5 Å². The molecule has 0 spiro atoms. The van der Waals surface area contributed by atoms with Gasteiger partial charge >= 0.3 is 0 Å². The van der Waals surface area contributed by atoms with Crippen molar-refractivity contribution >= 4 is 11.3 Å². The summed E-state index contributed by atoms with van der Waals surface area (Å²) in [5.41, 5.74) is 3.46. The molecule has 112 valence electrons. The number of aromatic nitrogens is 2. The van der Waals surface area contributed by atoms with Crippen LogP contribution < -0.4 is 0 Å². The molecule has 0 saturated heterocycles. The third-order valence-corrected chi connectivity index (χ3v) is 3.43. The number of hydrogen-bond donors (Lipinski definition) is 0. The van der Waals surface area contributed by atoms with Gasteiger partial charge < -0.3 is 9.30 Å². The monoisotopic (exact) mass is 296 g/mol. The normalized spacial score (nSPS) is 11.2. The van der Waals surface area contributed by atoms with Crippen molar-refractivity contribution in [2.24, 2.45) is 0 Å². The Balaban J connectivity index is 2.21. The van der Waals surface area contributed by atoms with Crippen molar-refractivity contribution < 1.29 is 4.92 Å². The van der Waals surface area contributed by atoms with Crippen LogP contribution in [0.1, 0.15) is 5.69 Å². The van der Waals surface area contributed by atoms with E-state index < -0.39 is 0 Å². The van der Waals surface area contributed by atoms with Crippen LogP contribution in [0.4, 0.5) is 5.69 Å². The van der Waals surface area contributed by atoms with Crippen molar-refractivity contribution in [2.75, 3.05) is 14.1 Å². The van der Waals surface area contributed by atoms with Crippen LogP contribution in [-0.2, 0) is 6.54 Å². The molecule has 0 saturated carbocycles. The lowest BCUT2D eigenvalue weighted by molar-refractivity contribution is -0.384. The standard InChI is InChI=1S/C16H16N4O2/c1-18(2)11-14-16(17-15-8-3-4-9-19(14)15)12-6-5-7-13(10-12)20(21)22/h3-10H,11H2,1-2H3. The zero-order valence-electron chi connectivity index (χ0n) is 12.4. The van der Waals surface area contributed by atoms with Gasteiger partial charge in [0.2, 0.25) is 0 Å². The molecule has 0 aliphatic carbocycles. The molecule has 6 nitrogen and oxygen atoms in total. The number of fused-ring (bicyclic) bond motifs is 1. The summed E-state index contributed by atoms with van der Waals surface area (Å²) in [4.78, 5) is 17.3. The predicted molar refractivity (Wildman–Crippen MR) is 84.7 cm³/mol. The summed E-state index contributed by atoms with van der Waals surface area (Å²) in [5.74, 6) is 0. The van der Waals surface area contributed by atoms with Gasteiger partial charge in [-0.2, -0.15) is 0 Å². The molecule has 1 aromatic carbocycles. The van der Waals surface area contributed by atoms with Crippen LogP contribution in [0.25, 0.3) is 16.9 Å². The van der Waals surface area contributed by atoms with Gasteiger partial charge in [-0.1, -0.05) is 18.2 Å². The van der Waals surface area contributed by atoms with E-state index in [1.807, 2.05) is 49.0 Å². The average molecular weight is 296 g/mol. The van der Waals surface area contributed by atoms with Gasteiger partial charge in [0.15, 0.2) is 0 Å². The molecule has 2 heterocycles. The van der Waals surface area contributed by atoms with Crippen molar-refractivity contribution in [2.45, 2.75) is 6.54 Å². The molecule has 2 aromatic heterocycles. The number of nitro groups is 1. The van der Waals surface area contributed by atoms with Gasteiger partial charge in [0.1, 0.15) is 5.65 Å². The number of non-ortho nitro benzene ring substituents is 1. The molecule has 0 N–H and O–H groups in total. The van der Waals surface area contributed by atoms with Gasteiger partial charge in [-0.05, 0) is 26.2 Å². The lowest BCUT2D eigenvalue weighted by Gasteiger charge is -2.11. The number of rotatable bonds is 4. The van der Waals surface area contributed by atoms with Gasteiger partial charge in [-0.3, -0.25) is 10.1 Å². The van der Waals surface area contributed by atoms with Crippen molar-refractivity contribution in [1.29, 1.82) is 0 Å². The second-order valence-corrected chi connectivity index (χ2v) is 5.38. The number of nitrogens with zero attached hydrogens (tertiary/aromatic N) is 4. The second kappa shape index (κ2) is 5.57. The third kappa shape index (κ3) is 2.56. The van der Waals surface area contributed by atoms with E-state index in [0.29, 0.717) is 6.54 Å². The molecular formula is C16H16N4O2. The Morgan fingerprint density at radius 3 is 2.77 bits per heavy atom. The van der Waals surface area contributed by atoms with Crippen molar-refractivity contribution in [1.82, 2.24) is 14.3 Å². The summed E-state index contributed by atoms with van der Waals surface area (Å²) in [5, 5.41) is 11.0.